The molecule has 2 saturated carbocycles. The van der Waals surface area contributed by atoms with Crippen LogP contribution < -0.4 is 38.1 Å². The molecule has 6 saturated heterocycles. The van der Waals surface area contributed by atoms with E-state index in [2.05, 4.69) is 133 Å². The van der Waals surface area contributed by atoms with E-state index >= 15 is 0 Å². The Morgan fingerprint density at radius 3 is 0.993 bits per heavy atom. The van der Waals surface area contributed by atoms with Crippen molar-refractivity contribution in [2.24, 2.45) is 17.8 Å². The fraction of sp³-hybridized carbons (Fsp3) is 0.525. The summed E-state index contributed by atoms with van der Waals surface area (Å²) in [5.41, 5.74) is 3.57. The Morgan fingerprint density at radius 1 is 0.359 bits per heavy atom. The Morgan fingerprint density at radius 2 is 0.669 bits per heavy atom. The third-order valence-electron chi connectivity index (χ3n) is 29.3. The van der Waals surface area contributed by atoms with Crippen LogP contribution in [-0.4, -0.2) is 282 Å². The van der Waals surface area contributed by atoms with Crippen LogP contribution in [0.5, 0.6) is 5.75 Å². The Labute approximate surface area is 828 Å². The van der Waals surface area contributed by atoms with Gasteiger partial charge in [0.25, 0.3) is 33.4 Å². The molecule has 44 heteroatoms. The van der Waals surface area contributed by atoms with Crippen molar-refractivity contribution in [3.05, 3.63) is 235 Å². The summed E-state index contributed by atoms with van der Waals surface area (Å²) in [6.45, 7) is 13.1. The van der Waals surface area contributed by atoms with Gasteiger partial charge in [0.15, 0.2) is 33.9 Å². The Kier molecular flexibility index (Phi) is 31.2. The van der Waals surface area contributed by atoms with E-state index in [9.17, 15) is 59.5 Å². The summed E-state index contributed by atoms with van der Waals surface area (Å²) in [5.74, 6) is 3.46. The quantitative estimate of drug-likeness (QED) is 0.0386. The number of nitrogens with one attached hydrogen (secondary N) is 6. The van der Waals surface area contributed by atoms with Crippen LogP contribution >= 0.6 is 0 Å². The molecule has 7 unspecified atom stereocenters. The number of rotatable bonds is 20. The molecule has 0 amide bonds. The van der Waals surface area contributed by atoms with E-state index in [0.29, 0.717) is 114 Å². The van der Waals surface area contributed by atoms with Crippen LogP contribution in [0.2, 0.25) is 0 Å². The molecule has 12 aromatic heterocycles. The molecule has 0 bridgehead atoms. The molecule has 8 aliphatic rings. The number of benzene rings is 3. The summed E-state index contributed by atoms with van der Waals surface area (Å²) in [6.07, 6.45) is 19.9. The number of methoxy groups -OCH3 is 1. The molecule has 770 valence electrons. The second-order valence-corrected chi connectivity index (χ2v) is 40.3. The Balaban J connectivity index is 0.000000115. The molecule has 3 aromatic carbocycles. The second kappa shape index (κ2) is 44.4. The number of fused-ring (bicyclic) bond motifs is 6. The first-order chi connectivity index (χ1) is 69.8. The zero-order valence-corrected chi connectivity index (χ0v) is 82.9. The number of likely N-dealkylation sites (N-methyl/N-ethyl adjacent to an activating group) is 6. The highest BCUT2D eigenvalue weighted by Gasteiger charge is 2.40. The third-order valence-corrected chi connectivity index (χ3v) is 29.3. The van der Waals surface area contributed by atoms with Crippen LogP contribution in [0.3, 0.4) is 0 Å². The van der Waals surface area contributed by atoms with Crippen LogP contribution in [0.1, 0.15) is 203 Å². The van der Waals surface area contributed by atoms with E-state index in [1.54, 1.807) is 65.5 Å². The second-order valence-electron chi connectivity index (χ2n) is 40.3. The van der Waals surface area contributed by atoms with Crippen molar-refractivity contribution >= 4 is 66.2 Å². The van der Waals surface area contributed by atoms with Crippen LogP contribution in [0.15, 0.2) is 139 Å². The standard InChI is InChI=1S/C19H20F3N5O.C18H20FN5O.C18H21N5O2.C16H23N5O.C15H20F3N5O.C15H21N5O/c1-26-7-3-6-14(11-26)27-17-15(10-23-27)18(28)25-16(24-17)9-12-4-2-5-13(8-12)19(20,21)22;1-23-8-4-6-13(11-23)24-17-14(10-20-24)18(25)22-16(21-17)9-12-5-2-3-7-15(12)19;1-22-8-7-13(11-22)23-17-14(10-19-23)18(24)21-16(20-17)9-12-5-3-4-6-15(12)25-2;1-20-7-3-6-12(10-20)21-15-13(9-17-21)16(22)19-14(18-15)8-11-4-2-5-11;1-3-9(15(16,17)18)6-12-20-13-11(14(24)21-12)7-19-23(13)10-4-5-22(2)8-10;1-19-6-5-11(9-19)20-14-12(8-16-20)15(21)18-13(17-14)7-10-3-2-4-10/h2,4-5,8,10,14H,3,6-7,9,11H2,1H3,(H,24,25,28);2-3,5,7,10,13H,4,6,8-9,11H2,1H3,(H,21,22,25);3-6,10,13H,7-9,11H2,1-2H3,(H,20,21,24);9,11-12H,2-8,10H2,1H3,(H,18,19,22);7,9-10H,3-6,8H2,1-2H3,(H,20,21,24);8,10-11H,2-7,9H2,1H3,(H,17,18,21). The highest BCUT2D eigenvalue weighted by molar-refractivity contribution is 5.77. The average Bonchev–Trinajstić information content (AvgIpc) is 1.69. The Hall–Kier alpha value is -13.2. The van der Waals surface area contributed by atoms with E-state index in [1.165, 1.54) is 76.4 Å². The predicted octanol–water partition coefficient (Wildman–Crippen LogP) is 11.9. The normalized spacial score (nSPS) is 20.4. The lowest BCUT2D eigenvalue weighted by Gasteiger charge is -2.30. The minimum atomic E-state index is -4.41. The maximum Gasteiger partial charge on any atom is 0.416 e. The number of aromatic nitrogens is 24. The fourth-order valence-electron chi connectivity index (χ4n) is 21.0. The molecule has 15 aromatic rings. The fourth-order valence-corrected chi connectivity index (χ4v) is 21.0. The van der Waals surface area contributed by atoms with Gasteiger partial charge in [-0.2, -0.15) is 56.9 Å². The van der Waals surface area contributed by atoms with E-state index < -0.39 is 29.4 Å². The summed E-state index contributed by atoms with van der Waals surface area (Å²) in [6, 6.07) is 20.7. The lowest BCUT2D eigenvalue weighted by atomic mass is 9.83. The largest absolute Gasteiger partial charge is 0.496 e. The summed E-state index contributed by atoms with van der Waals surface area (Å²) in [5, 5.41) is 29.3. The van der Waals surface area contributed by atoms with Gasteiger partial charge in [-0.1, -0.05) is 100 Å². The molecular weight excluding hydrogens is 1880 g/mol. The van der Waals surface area contributed by atoms with E-state index in [-0.39, 0.29) is 89.3 Å². The van der Waals surface area contributed by atoms with Gasteiger partial charge >= 0.3 is 12.4 Å². The minimum Gasteiger partial charge on any atom is -0.496 e. The summed E-state index contributed by atoms with van der Waals surface area (Å²) >= 11 is 0. The zero-order valence-electron chi connectivity index (χ0n) is 82.9. The maximum absolute atomic E-state index is 13.9. The lowest BCUT2D eigenvalue weighted by Crippen LogP contribution is -2.34. The number of ether oxygens (including phenoxy) is 1. The number of hydrogen-bond acceptors (Lipinski definition) is 25. The number of para-hydroxylation sites is 1. The monoisotopic (exact) mass is 2000 g/mol. The van der Waals surface area contributed by atoms with Crippen molar-refractivity contribution in [3.63, 3.8) is 0 Å². The average molecular weight is 2000 g/mol. The highest BCUT2D eigenvalue weighted by Crippen LogP contribution is 2.37. The molecule has 18 heterocycles. The molecule has 7 atom stereocenters. The number of aromatic amines is 6. The topological polar surface area (TPSA) is 410 Å². The van der Waals surface area contributed by atoms with Crippen LogP contribution in [0, 0.1) is 23.6 Å². The van der Waals surface area contributed by atoms with Gasteiger partial charge in [0, 0.05) is 103 Å². The molecule has 8 fully saturated rings. The first kappa shape index (κ1) is 102. The van der Waals surface area contributed by atoms with Crippen LogP contribution in [0.4, 0.5) is 30.7 Å². The van der Waals surface area contributed by atoms with Gasteiger partial charge in [0.1, 0.15) is 78.8 Å². The SMILES string of the molecule is CCC(Cc1nc2c(cnn2C2CCN(C)C2)c(=O)[nH]1)C(F)(F)F.CN1CCC(n2ncc3c(=O)[nH]c(CC4CCC4)nc32)C1.CN1CCCC(n2ncc3c(=O)[nH]c(CC4CCC4)nc32)C1.CN1CCCC(n2ncc3c(=O)[nH]c(Cc4cccc(C(F)(F)F)c4)nc32)C1.CN1CCCC(n2ncc3c(=O)[nH]c(Cc4ccccc4F)nc32)C1.COc1ccccc1Cc1nc2c(cnn2C2CCN(C)C2)c(=O)[nH]1. The van der Waals surface area contributed by atoms with Crippen molar-refractivity contribution in [2.75, 3.05) is 128 Å². The summed E-state index contributed by atoms with van der Waals surface area (Å²) in [4.78, 5) is 132. The highest BCUT2D eigenvalue weighted by atomic mass is 19.4. The molecule has 0 spiro atoms. The van der Waals surface area contributed by atoms with Crippen LogP contribution in [0.25, 0.3) is 66.2 Å². The van der Waals surface area contributed by atoms with Crippen molar-refractivity contribution in [1.29, 1.82) is 0 Å². The number of alkyl halides is 6. The molecule has 145 heavy (non-hydrogen) atoms. The van der Waals surface area contributed by atoms with E-state index in [0.717, 1.165) is 189 Å². The molecule has 0 radical (unpaired) electrons. The molecule has 23 rings (SSSR count). The van der Waals surface area contributed by atoms with Gasteiger partial charge in [-0.3, -0.25) is 28.8 Å². The third kappa shape index (κ3) is 23.8. The molecule has 6 aliphatic heterocycles. The Bertz CT molecular complexity index is 7440. The maximum atomic E-state index is 13.9. The number of likely N-dealkylation sites (tertiary alicyclic amines) is 6. The smallest absolute Gasteiger partial charge is 0.416 e. The van der Waals surface area contributed by atoms with Gasteiger partial charge in [-0.15, -0.1) is 0 Å². The number of halogens is 7. The van der Waals surface area contributed by atoms with Gasteiger partial charge in [-0.05, 0) is 167 Å². The van der Waals surface area contributed by atoms with Crippen molar-refractivity contribution < 1.29 is 35.5 Å². The summed E-state index contributed by atoms with van der Waals surface area (Å²) < 4.78 is 108. The molecule has 37 nitrogen and oxygen atoms in total. The molecule has 6 N–H and O–H groups in total. The van der Waals surface area contributed by atoms with Crippen molar-refractivity contribution in [2.45, 2.75) is 197 Å². The van der Waals surface area contributed by atoms with Gasteiger partial charge in [-0.25, -0.2) is 62.4 Å². The van der Waals surface area contributed by atoms with E-state index in [4.69, 9.17) is 19.7 Å². The van der Waals surface area contributed by atoms with Gasteiger partial charge in [0.2, 0.25) is 0 Å². The first-order valence-corrected chi connectivity index (χ1v) is 50.3. The number of nitrogens with zero attached hydrogens (tertiary/aromatic N) is 24. The van der Waals surface area contributed by atoms with Gasteiger partial charge < -0.3 is 64.0 Å². The van der Waals surface area contributed by atoms with Crippen molar-refractivity contribution in [1.82, 2.24) is 148 Å². The predicted molar refractivity (Wildman–Crippen MR) is 535 cm³/mol. The summed E-state index contributed by atoms with van der Waals surface area (Å²) in [7, 11) is 14.1. The lowest BCUT2D eigenvalue weighted by molar-refractivity contribution is -0.175. The van der Waals surface area contributed by atoms with Crippen molar-refractivity contribution in [3.8, 4) is 5.75 Å². The molecular formula is C101H125F7N30O7. The molecule has 2 aliphatic carbocycles. The van der Waals surface area contributed by atoms with E-state index in [1.807, 2.05) is 57.1 Å². The van der Waals surface area contributed by atoms with Crippen LogP contribution in [-0.2, 0) is 44.7 Å². The first-order valence-electron chi connectivity index (χ1n) is 50.3. The number of H-pyrrole nitrogens is 6. The number of piperidine rings is 3. The zero-order chi connectivity index (χ0) is 102. The van der Waals surface area contributed by atoms with Gasteiger partial charge in [0.05, 0.1) is 92.0 Å². The number of hydrogen-bond donors (Lipinski definition) is 6. The minimum absolute atomic E-state index is 0.0465.